The number of anilines is 3. The van der Waals surface area contributed by atoms with Crippen LogP contribution in [0.15, 0.2) is 21.6 Å². The Kier molecular flexibility index (Phi) is 6.37. The topological polar surface area (TPSA) is 167 Å². The van der Waals surface area contributed by atoms with E-state index in [-0.39, 0.29) is 23.0 Å². The van der Waals surface area contributed by atoms with Gasteiger partial charge in [0.25, 0.3) is 0 Å². The van der Waals surface area contributed by atoms with Crippen LogP contribution in [0.5, 0.6) is 11.5 Å². The number of halogens is 1. The van der Waals surface area contributed by atoms with Crippen LogP contribution in [0.1, 0.15) is 36.6 Å². The maximum absolute atomic E-state index is 9.45. The summed E-state index contributed by atoms with van der Waals surface area (Å²) in [5.74, 6) is 1.86. The first-order valence-corrected chi connectivity index (χ1v) is 10.1. The number of ether oxygens (including phenoxy) is 2. The van der Waals surface area contributed by atoms with Crippen molar-refractivity contribution in [3.8, 4) is 23.8 Å². The van der Waals surface area contributed by atoms with E-state index in [1.807, 2.05) is 32.2 Å². The predicted molar refractivity (Wildman–Crippen MR) is 120 cm³/mol. The number of rotatable bonds is 5. The number of hydrogen-bond donors (Lipinski definition) is 4. The molecule has 0 radical (unpaired) electrons. The second kappa shape index (κ2) is 8.98. The van der Waals surface area contributed by atoms with Gasteiger partial charge in [-0.25, -0.2) is 9.98 Å². The standard InChI is InChI=1S/C20H21BrN8O2/c1-9(2)7-31-17-12(21)4-10(5-13(17)30-3)16-14-15(24)11(6-22)18(25)28-19(14)29-20(27-16)26-8-23/h4-5,9,16H,7H2,1-3H3,(H6,24,25,26,27,28,29). The van der Waals surface area contributed by atoms with Crippen molar-refractivity contribution in [2.24, 2.45) is 10.9 Å². The van der Waals surface area contributed by atoms with Crippen LogP contribution in [-0.4, -0.2) is 24.7 Å². The number of nitrogens with zero attached hydrogens (tertiary/aromatic N) is 4. The van der Waals surface area contributed by atoms with Crippen molar-refractivity contribution < 1.29 is 9.47 Å². The number of hydrogen-bond acceptors (Lipinski definition) is 10. The zero-order valence-corrected chi connectivity index (χ0v) is 18.7. The van der Waals surface area contributed by atoms with Crippen LogP contribution in [-0.2, 0) is 0 Å². The molecular weight excluding hydrogens is 464 g/mol. The van der Waals surface area contributed by atoms with Gasteiger partial charge in [0.05, 0.1) is 23.9 Å². The van der Waals surface area contributed by atoms with Crippen LogP contribution in [0.25, 0.3) is 0 Å². The van der Waals surface area contributed by atoms with E-state index >= 15 is 0 Å². The number of benzene rings is 1. The molecular formula is C20H21BrN8O2. The van der Waals surface area contributed by atoms with E-state index in [9.17, 15) is 5.26 Å². The number of nitrogens with two attached hydrogens (primary N) is 2. The molecule has 0 saturated carbocycles. The Morgan fingerprint density at radius 3 is 2.68 bits per heavy atom. The fraction of sp³-hybridized carbons (Fsp3) is 0.300. The highest BCUT2D eigenvalue weighted by molar-refractivity contribution is 9.10. The van der Waals surface area contributed by atoms with E-state index in [4.69, 9.17) is 26.2 Å². The molecule has 0 bridgehead atoms. The number of pyridine rings is 1. The van der Waals surface area contributed by atoms with Gasteiger partial charge in [0.2, 0.25) is 5.96 Å². The molecule has 160 valence electrons. The lowest BCUT2D eigenvalue weighted by Crippen LogP contribution is -2.32. The number of guanidine groups is 1. The first kappa shape index (κ1) is 22.0. The molecule has 0 saturated heterocycles. The number of fused-ring (bicyclic) bond motifs is 1. The first-order valence-electron chi connectivity index (χ1n) is 9.29. The Morgan fingerprint density at radius 2 is 2.06 bits per heavy atom. The minimum absolute atomic E-state index is 0.0144. The number of nitriles is 2. The van der Waals surface area contributed by atoms with Crippen LogP contribution in [0, 0.1) is 28.7 Å². The summed E-state index contributed by atoms with van der Waals surface area (Å²) in [5.41, 5.74) is 13.5. The normalized spacial score (nSPS) is 14.5. The summed E-state index contributed by atoms with van der Waals surface area (Å²) in [5, 5.41) is 23.9. The molecule has 1 aromatic carbocycles. The zero-order chi connectivity index (χ0) is 22.7. The van der Waals surface area contributed by atoms with E-state index < -0.39 is 6.04 Å². The molecule has 0 spiro atoms. The summed E-state index contributed by atoms with van der Waals surface area (Å²) in [7, 11) is 1.54. The SMILES string of the molecule is COc1cc(C2N=C(NC#N)Nc3nc(N)c(C#N)c(N)c32)cc(Br)c1OCC(C)C. The van der Waals surface area contributed by atoms with Crippen molar-refractivity contribution in [1.29, 1.82) is 10.5 Å². The van der Waals surface area contributed by atoms with Gasteiger partial charge in [-0.2, -0.15) is 10.5 Å². The van der Waals surface area contributed by atoms with Crippen LogP contribution in [0.3, 0.4) is 0 Å². The zero-order valence-electron chi connectivity index (χ0n) is 17.2. The minimum Gasteiger partial charge on any atom is -0.493 e. The molecule has 31 heavy (non-hydrogen) atoms. The molecule has 1 unspecified atom stereocenters. The molecule has 1 aliphatic rings. The van der Waals surface area contributed by atoms with Gasteiger partial charge in [0.15, 0.2) is 17.7 Å². The number of aliphatic imine (C=N–C) groups is 1. The number of nitrogen functional groups attached to an aromatic ring is 2. The molecule has 0 fully saturated rings. The van der Waals surface area contributed by atoms with Crippen molar-refractivity contribution in [2.75, 3.05) is 30.5 Å². The van der Waals surface area contributed by atoms with Crippen molar-refractivity contribution in [3.63, 3.8) is 0 Å². The molecule has 6 N–H and O–H groups in total. The van der Waals surface area contributed by atoms with E-state index in [2.05, 4.69) is 36.5 Å². The van der Waals surface area contributed by atoms with Gasteiger partial charge in [0, 0.05) is 5.56 Å². The second-order valence-electron chi connectivity index (χ2n) is 7.14. The average molecular weight is 485 g/mol. The summed E-state index contributed by atoms with van der Waals surface area (Å²) in [6.45, 7) is 4.61. The summed E-state index contributed by atoms with van der Waals surface area (Å²) in [6.07, 6.45) is 1.82. The fourth-order valence-corrected chi connectivity index (χ4v) is 3.68. The van der Waals surface area contributed by atoms with E-state index in [0.29, 0.717) is 45.4 Å². The second-order valence-corrected chi connectivity index (χ2v) is 8.00. The highest BCUT2D eigenvalue weighted by Crippen LogP contribution is 2.45. The quantitative estimate of drug-likeness (QED) is 0.368. The van der Waals surface area contributed by atoms with Gasteiger partial charge in [-0.3, -0.25) is 5.32 Å². The number of aromatic nitrogens is 1. The van der Waals surface area contributed by atoms with Crippen LogP contribution < -0.4 is 31.6 Å². The average Bonchev–Trinajstić information content (AvgIpc) is 2.72. The van der Waals surface area contributed by atoms with Gasteiger partial charge in [-0.15, -0.1) is 0 Å². The monoisotopic (exact) mass is 484 g/mol. The largest absolute Gasteiger partial charge is 0.493 e. The molecule has 0 aliphatic carbocycles. The smallest absolute Gasteiger partial charge is 0.211 e. The van der Waals surface area contributed by atoms with Gasteiger partial charge in [-0.1, -0.05) is 13.8 Å². The summed E-state index contributed by atoms with van der Waals surface area (Å²) in [6, 6.07) is 4.90. The Morgan fingerprint density at radius 1 is 1.32 bits per heavy atom. The maximum Gasteiger partial charge on any atom is 0.211 e. The van der Waals surface area contributed by atoms with Crippen molar-refractivity contribution in [2.45, 2.75) is 19.9 Å². The lowest BCUT2D eigenvalue weighted by Gasteiger charge is -2.27. The Hall–Kier alpha value is -3.70. The highest BCUT2D eigenvalue weighted by atomic mass is 79.9. The third kappa shape index (κ3) is 4.27. The molecule has 1 aliphatic heterocycles. The Bertz CT molecular complexity index is 1130. The lowest BCUT2D eigenvalue weighted by molar-refractivity contribution is 0.255. The number of nitrogens with one attached hydrogen (secondary N) is 2. The first-order chi connectivity index (χ1) is 14.8. The van der Waals surface area contributed by atoms with Crippen molar-refractivity contribution in [1.82, 2.24) is 10.3 Å². The fourth-order valence-electron chi connectivity index (χ4n) is 3.11. The molecule has 2 aromatic rings. The Balaban J connectivity index is 2.19. The van der Waals surface area contributed by atoms with Gasteiger partial charge < -0.3 is 26.3 Å². The van der Waals surface area contributed by atoms with Crippen LogP contribution >= 0.6 is 15.9 Å². The lowest BCUT2D eigenvalue weighted by atomic mass is 9.95. The summed E-state index contributed by atoms with van der Waals surface area (Å²) < 4.78 is 12.1. The molecule has 0 amide bonds. The minimum atomic E-state index is -0.684. The van der Waals surface area contributed by atoms with Gasteiger partial charge >= 0.3 is 0 Å². The molecule has 1 aromatic heterocycles. The number of methoxy groups -OCH3 is 1. The van der Waals surface area contributed by atoms with E-state index in [1.54, 1.807) is 13.2 Å². The molecule has 1 atom stereocenters. The van der Waals surface area contributed by atoms with Gasteiger partial charge in [0.1, 0.15) is 29.3 Å². The molecule has 10 nitrogen and oxygen atoms in total. The van der Waals surface area contributed by atoms with Gasteiger partial charge in [-0.05, 0) is 39.5 Å². The van der Waals surface area contributed by atoms with E-state index in [1.165, 1.54) is 0 Å². The van der Waals surface area contributed by atoms with E-state index in [0.717, 1.165) is 0 Å². The maximum atomic E-state index is 9.45. The molecule has 3 rings (SSSR count). The molecule has 11 heteroatoms. The Labute approximate surface area is 188 Å². The van der Waals surface area contributed by atoms with Crippen molar-refractivity contribution >= 4 is 39.2 Å². The van der Waals surface area contributed by atoms with Crippen LogP contribution in [0.2, 0.25) is 0 Å². The molecule has 2 heterocycles. The third-order valence-corrected chi connectivity index (χ3v) is 5.08. The summed E-state index contributed by atoms with van der Waals surface area (Å²) in [4.78, 5) is 8.81. The van der Waals surface area contributed by atoms with Crippen LogP contribution in [0.4, 0.5) is 17.3 Å². The van der Waals surface area contributed by atoms with Crippen molar-refractivity contribution in [3.05, 3.63) is 33.3 Å². The predicted octanol–water partition coefficient (Wildman–Crippen LogP) is 2.87. The summed E-state index contributed by atoms with van der Waals surface area (Å²) >= 11 is 3.54. The third-order valence-electron chi connectivity index (χ3n) is 4.49. The highest BCUT2D eigenvalue weighted by Gasteiger charge is 2.31.